The second-order valence-electron chi connectivity index (χ2n) is 4.58. The molecule has 100 valence electrons. The zero-order chi connectivity index (χ0) is 13.8. The molecule has 2 aromatic rings. The summed E-state index contributed by atoms with van der Waals surface area (Å²) in [6.07, 6.45) is 0. The first-order chi connectivity index (χ1) is 9.06. The molecule has 0 atom stereocenters. The van der Waals surface area contributed by atoms with E-state index in [9.17, 15) is 4.39 Å². The Morgan fingerprint density at radius 2 is 1.95 bits per heavy atom. The number of phenolic OH excluding ortho intramolecular Hbond substituents is 1. The van der Waals surface area contributed by atoms with Crippen molar-refractivity contribution in [2.75, 3.05) is 24.3 Å². The molecule has 0 aliphatic rings. The van der Waals surface area contributed by atoms with Crippen molar-refractivity contribution < 1.29 is 9.50 Å². The van der Waals surface area contributed by atoms with E-state index in [1.54, 1.807) is 6.07 Å². The second-order valence-corrected chi connectivity index (χ2v) is 4.58. The second kappa shape index (κ2) is 5.61. The quantitative estimate of drug-likeness (QED) is 0.886. The van der Waals surface area contributed by atoms with Gasteiger partial charge in [-0.3, -0.25) is 0 Å². The van der Waals surface area contributed by atoms with Crippen LogP contribution in [0, 0.1) is 5.82 Å². The van der Waals surface area contributed by atoms with Crippen molar-refractivity contribution in [3.8, 4) is 5.75 Å². The van der Waals surface area contributed by atoms with Crippen molar-refractivity contribution in [3.63, 3.8) is 0 Å². The minimum Gasteiger partial charge on any atom is -0.505 e. The molecule has 3 nitrogen and oxygen atoms in total. The van der Waals surface area contributed by atoms with E-state index < -0.39 is 5.82 Å². The molecule has 0 amide bonds. The molecule has 0 bridgehead atoms. The van der Waals surface area contributed by atoms with Gasteiger partial charge in [0.2, 0.25) is 0 Å². The number of hydrogen-bond acceptors (Lipinski definition) is 3. The van der Waals surface area contributed by atoms with Gasteiger partial charge >= 0.3 is 0 Å². The summed E-state index contributed by atoms with van der Waals surface area (Å²) in [5, 5.41) is 12.4. The van der Waals surface area contributed by atoms with Crippen LogP contribution in [0.2, 0.25) is 0 Å². The van der Waals surface area contributed by atoms with Crippen molar-refractivity contribution >= 4 is 11.4 Å². The van der Waals surface area contributed by atoms with E-state index >= 15 is 0 Å². The van der Waals surface area contributed by atoms with Gasteiger partial charge in [0, 0.05) is 32.0 Å². The fourth-order valence-electron chi connectivity index (χ4n) is 1.76. The first kappa shape index (κ1) is 13.2. The van der Waals surface area contributed by atoms with Crippen LogP contribution in [0.3, 0.4) is 0 Å². The van der Waals surface area contributed by atoms with Crippen LogP contribution in [0.25, 0.3) is 0 Å². The number of halogens is 1. The zero-order valence-corrected chi connectivity index (χ0v) is 11.0. The molecule has 0 aromatic heterocycles. The topological polar surface area (TPSA) is 35.5 Å². The van der Waals surface area contributed by atoms with Crippen molar-refractivity contribution in [3.05, 3.63) is 53.8 Å². The van der Waals surface area contributed by atoms with Gasteiger partial charge in [-0.1, -0.05) is 12.1 Å². The Kier molecular flexibility index (Phi) is 3.90. The molecule has 0 radical (unpaired) electrons. The van der Waals surface area contributed by atoms with Crippen LogP contribution < -0.4 is 10.2 Å². The minimum atomic E-state index is -0.596. The standard InChI is InChI=1S/C15H17FN2O/c1-18(2)13-5-3-4-12(9-13)17-10-11-6-7-15(19)14(16)8-11/h3-9,17,19H,10H2,1-2H3. The molecule has 0 aliphatic heterocycles. The van der Waals surface area contributed by atoms with Crippen LogP contribution >= 0.6 is 0 Å². The molecule has 2 aromatic carbocycles. The van der Waals surface area contributed by atoms with Crippen molar-refractivity contribution in [2.24, 2.45) is 0 Å². The zero-order valence-electron chi connectivity index (χ0n) is 11.0. The lowest BCUT2D eigenvalue weighted by atomic mass is 10.2. The maximum atomic E-state index is 13.2. The molecule has 4 heteroatoms. The highest BCUT2D eigenvalue weighted by molar-refractivity contribution is 5.57. The van der Waals surface area contributed by atoms with Gasteiger partial charge in [-0.2, -0.15) is 0 Å². The van der Waals surface area contributed by atoms with E-state index in [2.05, 4.69) is 5.32 Å². The van der Waals surface area contributed by atoms with Gasteiger partial charge in [0.1, 0.15) is 0 Å². The summed E-state index contributed by atoms with van der Waals surface area (Å²) in [6.45, 7) is 0.508. The number of hydrogen-bond donors (Lipinski definition) is 2. The number of benzene rings is 2. The largest absolute Gasteiger partial charge is 0.505 e. The van der Waals surface area contributed by atoms with Gasteiger partial charge in [-0.25, -0.2) is 4.39 Å². The summed E-state index contributed by atoms with van der Waals surface area (Å²) in [4.78, 5) is 2.02. The number of anilines is 2. The molecular formula is C15H17FN2O. The maximum Gasteiger partial charge on any atom is 0.165 e. The van der Waals surface area contributed by atoms with Gasteiger partial charge in [-0.15, -0.1) is 0 Å². The van der Waals surface area contributed by atoms with E-state index in [1.807, 2.05) is 43.3 Å². The molecule has 2 N–H and O–H groups in total. The normalized spacial score (nSPS) is 10.3. The third kappa shape index (κ3) is 3.37. The van der Waals surface area contributed by atoms with Gasteiger partial charge in [0.15, 0.2) is 11.6 Å². The van der Waals surface area contributed by atoms with Crippen molar-refractivity contribution in [1.82, 2.24) is 0 Å². The van der Waals surface area contributed by atoms with Crippen LogP contribution in [-0.2, 0) is 6.54 Å². The fourth-order valence-corrected chi connectivity index (χ4v) is 1.76. The molecule has 19 heavy (non-hydrogen) atoms. The van der Waals surface area contributed by atoms with E-state index in [-0.39, 0.29) is 5.75 Å². The summed E-state index contributed by atoms with van der Waals surface area (Å²) in [6, 6.07) is 12.4. The van der Waals surface area contributed by atoms with Gasteiger partial charge in [0.25, 0.3) is 0 Å². The predicted octanol–water partition coefficient (Wildman–Crippen LogP) is 3.21. The van der Waals surface area contributed by atoms with Crippen LogP contribution in [0.1, 0.15) is 5.56 Å². The van der Waals surface area contributed by atoms with E-state index in [0.717, 1.165) is 16.9 Å². The summed E-state index contributed by atoms with van der Waals surface area (Å²) in [5.41, 5.74) is 2.85. The number of nitrogens with one attached hydrogen (secondary N) is 1. The summed E-state index contributed by atoms with van der Waals surface area (Å²) < 4.78 is 13.2. The third-order valence-electron chi connectivity index (χ3n) is 2.87. The highest BCUT2D eigenvalue weighted by Crippen LogP contribution is 2.20. The molecule has 0 unspecified atom stereocenters. The number of nitrogens with zero attached hydrogens (tertiary/aromatic N) is 1. The molecule has 0 heterocycles. The van der Waals surface area contributed by atoms with Gasteiger partial charge < -0.3 is 15.3 Å². The van der Waals surface area contributed by atoms with Crippen LogP contribution in [0.5, 0.6) is 5.75 Å². The SMILES string of the molecule is CN(C)c1cccc(NCc2ccc(O)c(F)c2)c1. The van der Waals surface area contributed by atoms with Gasteiger partial charge in [-0.05, 0) is 35.9 Å². The first-order valence-electron chi connectivity index (χ1n) is 6.05. The molecule has 0 saturated carbocycles. The molecule has 0 fully saturated rings. The Bertz CT molecular complexity index is 570. The Labute approximate surface area is 112 Å². The van der Waals surface area contributed by atoms with Crippen molar-refractivity contribution in [1.29, 1.82) is 0 Å². The Hall–Kier alpha value is -2.23. The van der Waals surface area contributed by atoms with E-state index in [1.165, 1.54) is 12.1 Å². The average Bonchev–Trinajstić information content (AvgIpc) is 2.40. The van der Waals surface area contributed by atoms with Crippen LogP contribution in [-0.4, -0.2) is 19.2 Å². The molecule has 0 spiro atoms. The number of aromatic hydroxyl groups is 1. The van der Waals surface area contributed by atoms with E-state index in [0.29, 0.717) is 6.54 Å². The summed E-state index contributed by atoms with van der Waals surface area (Å²) in [7, 11) is 3.96. The highest BCUT2D eigenvalue weighted by atomic mass is 19.1. The fraction of sp³-hybridized carbons (Fsp3) is 0.200. The lowest BCUT2D eigenvalue weighted by Gasteiger charge is -2.14. The summed E-state index contributed by atoms with van der Waals surface area (Å²) >= 11 is 0. The maximum absolute atomic E-state index is 13.2. The van der Waals surface area contributed by atoms with E-state index in [4.69, 9.17) is 5.11 Å². The smallest absolute Gasteiger partial charge is 0.165 e. The lowest BCUT2D eigenvalue weighted by Crippen LogP contribution is -2.09. The first-order valence-corrected chi connectivity index (χ1v) is 6.05. The Morgan fingerprint density at radius 3 is 2.63 bits per heavy atom. The Morgan fingerprint density at radius 1 is 1.16 bits per heavy atom. The summed E-state index contributed by atoms with van der Waals surface area (Å²) in [5.74, 6) is -0.917. The van der Waals surface area contributed by atoms with Crippen LogP contribution in [0.4, 0.5) is 15.8 Å². The average molecular weight is 260 g/mol. The number of rotatable bonds is 4. The molecule has 0 aliphatic carbocycles. The van der Waals surface area contributed by atoms with Crippen molar-refractivity contribution in [2.45, 2.75) is 6.54 Å². The number of phenols is 1. The third-order valence-corrected chi connectivity index (χ3v) is 2.87. The minimum absolute atomic E-state index is 0.321. The monoisotopic (exact) mass is 260 g/mol. The van der Waals surface area contributed by atoms with Gasteiger partial charge in [0.05, 0.1) is 0 Å². The Balaban J connectivity index is 2.05. The molecular weight excluding hydrogens is 243 g/mol. The predicted molar refractivity (Wildman–Crippen MR) is 76.2 cm³/mol. The van der Waals surface area contributed by atoms with Crippen LogP contribution in [0.15, 0.2) is 42.5 Å². The molecule has 2 rings (SSSR count). The lowest BCUT2D eigenvalue weighted by molar-refractivity contribution is 0.432. The highest BCUT2D eigenvalue weighted by Gasteiger charge is 2.02. The molecule has 0 saturated heterocycles.